The summed E-state index contributed by atoms with van der Waals surface area (Å²) < 4.78 is 0. The Morgan fingerprint density at radius 1 is 0.947 bits per heavy atom. The van der Waals surface area contributed by atoms with Crippen molar-refractivity contribution >= 4 is 0 Å². The fraction of sp³-hybridized carbons (Fsp3) is 0.667. The molecule has 19 heavy (non-hydrogen) atoms. The zero-order valence-electron chi connectivity index (χ0n) is 13.4. The Labute approximate surface area is 120 Å². The number of aliphatic hydroxyl groups excluding tert-OH is 1. The maximum Gasteiger partial charge on any atom is 0.0431 e. The minimum Gasteiger partial charge on any atom is -0.396 e. The van der Waals surface area contributed by atoms with Crippen LogP contribution in [0.15, 0.2) is 24.3 Å². The standard InChI is InChI=1S/C14H22O.C4H10/c1-12(2)14-9-6-8-13(11-14)7-4-3-5-10-15;1-4(2)3/h6,8-9,11-12,15H,3-5,7,10H2,1-2H3;4H,1-3H3. The molecule has 1 aromatic carbocycles. The lowest BCUT2D eigenvalue weighted by molar-refractivity contribution is 0.283. The Morgan fingerprint density at radius 3 is 2.11 bits per heavy atom. The normalized spacial score (nSPS) is 10.5. The molecule has 1 rings (SSSR count). The van der Waals surface area contributed by atoms with Crippen LogP contribution in [0, 0.1) is 5.92 Å². The van der Waals surface area contributed by atoms with Gasteiger partial charge in [0.2, 0.25) is 0 Å². The van der Waals surface area contributed by atoms with Gasteiger partial charge in [0.1, 0.15) is 0 Å². The second kappa shape index (κ2) is 11.0. The van der Waals surface area contributed by atoms with Gasteiger partial charge in [-0.1, -0.05) is 65.3 Å². The molecule has 1 nitrogen and oxygen atoms in total. The summed E-state index contributed by atoms with van der Waals surface area (Å²) in [5.41, 5.74) is 2.86. The summed E-state index contributed by atoms with van der Waals surface area (Å²) in [5.74, 6) is 1.45. The molecule has 0 saturated heterocycles. The lowest BCUT2D eigenvalue weighted by atomic mass is 9.98. The monoisotopic (exact) mass is 264 g/mol. The molecule has 110 valence electrons. The van der Waals surface area contributed by atoms with E-state index in [1.54, 1.807) is 0 Å². The lowest BCUT2D eigenvalue weighted by Gasteiger charge is -2.07. The zero-order valence-corrected chi connectivity index (χ0v) is 13.4. The summed E-state index contributed by atoms with van der Waals surface area (Å²) in [6, 6.07) is 8.85. The molecule has 0 amide bonds. The summed E-state index contributed by atoms with van der Waals surface area (Å²) in [6.07, 6.45) is 4.38. The first kappa shape index (κ1) is 18.2. The third-order valence-electron chi connectivity index (χ3n) is 2.74. The van der Waals surface area contributed by atoms with Crippen LogP contribution in [0.5, 0.6) is 0 Å². The maximum absolute atomic E-state index is 8.68. The van der Waals surface area contributed by atoms with Gasteiger partial charge in [0.05, 0.1) is 0 Å². The van der Waals surface area contributed by atoms with Crippen LogP contribution in [0.2, 0.25) is 0 Å². The molecule has 1 aromatic rings. The summed E-state index contributed by atoms with van der Waals surface area (Å²) in [4.78, 5) is 0. The third kappa shape index (κ3) is 10.8. The van der Waals surface area contributed by atoms with E-state index in [0.717, 1.165) is 25.2 Å². The minimum absolute atomic E-state index is 0.325. The van der Waals surface area contributed by atoms with Gasteiger partial charge in [-0.25, -0.2) is 0 Å². The highest BCUT2D eigenvalue weighted by molar-refractivity contribution is 5.25. The highest BCUT2D eigenvalue weighted by atomic mass is 16.2. The fourth-order valence-electron chi connectivity index (χ4n) is 1.73. The first-order chi connectivity index (χ1) is 8.97. The number of rotatable bonds is 6. The molecule has 0 unspecified atom stereocenters. The summed E-state index contributed by atoms with van der Waals surface area (Å²) in [5, 5.41) is 8.68. The number of hydrogen-bond donors (Lipinski definition) is 1. The van der Waals surface area contributed by atoms with Crippen LogP contribution in [0.1, 0.15) is 70.9 Å². The van der Waals surface area contributed by atoms with Crippen molar-refractivity contribution in [3.8, 4) is 0 Å². The molecule has 0 aromatic heterocycles. The predicted molar refractivity (Wildman–Crippen MR) is 85.7 cm³/mol. The first-order valence-electron chi connectivity index (χ1n) is 7.67. The van der Waals surface area contributed by atoms with E-state index < -0.39 is 0 Å². The first-order valence-corrected chi connectivity index (χ1v) is 7.67. The molecule has 0 heterocycles. The fourth-order valence-corrected chi connectivity index (χ4v) is 1.73. The predicted octanol–water partition coefficient (Wildman–Crippen LogP) is 5.18. The largest absolute Gasteiger partial charge is 0.396 e. The maximum atomic E-state index is 8.68. The zero-order chi connectivity index (χ0) is 14.7. The van der Waals surface area contributed by atoms with E-state index >= 15 is 0 Å². The van der Waals surface area contributed by atoms with Crippen LogP contribution in [0.3, 0.4) is 0 Å². The van der Waals surface area contributed by atoms with Gasteiger partial charge in [0, 0.05) is 6.61 Å². The second-order valence-electron chi connectivity index (χ2n) is 6.17. The van der Waals surface area contributed by atoms with E-state index in [0.29, 0.717) is 12.5 Å². The van der Waals surface area contributed by atoms with Crippen LogP contribution in [-0.2, 0) is 6.42 Å². The van der Waals surface area contributed by atoms with Crippen molar-refractivity contribution < 1.29 is 5.11 Å². The number of aryl methyl sites for hydroxylation is 1. The van der Waals surface area contributed by atoms with Gasteiger partial charge in [-0.15, -0.1) is 0 Å². The molecule has 0 fully saturated rings. The molecular weight excluding hydrogens is 232 g/mol. The minimum atomic E-state index is 0.325. The highest BCUT2D eigenvalue weighted by Gasteiger charge is 2.00. The third-order valence-corrected chi connectivity index (χ3v) is 2.74. The van der Waals surface area contributed by atoms with Gasteiger partial charge in [-0.2, -0.15) is 0 Å². The second-order valence-corrected chi connectivity index (χ2v) is 6.17. The summed E-state index contributed by atoms with van der Waals surface area (Å²) in [7, 11) is 0. The van der Waals surface area contributed by atoms with E-state index in [9.17, 15) is 0 Å². The Kier molecular flexibility index (Phi) is 10.6. The van der Waals surface area contributed by atoms with E-state index in [2.05, 4.69) is 58.9 Å². The van der Waals surface area contributed by atoms with Crippen LogP contribution in [0.25, 0.3) is 0 Å². The molecule has 1 N–H and O–H groups in total. The summed E-state index contributed by atoms with van der Waals surface area (Å²) >= 11 is 0. The Hall–Kier alpha value is -0.820. The van der Waals surface area contributed by atoms with E-state index in [1.165, 1.54) is 17.5 Å². The van der Waals surface area contributed by atoms with Crippen molar-refractivity contribution in [2.45, 2.75) is 66.2 Å². The van der Waals surface area contributed by atoms with Crippen molar-refractivity contribution in [3.05, 3.63) is 35.4 Å². The Bertz CT molecular complexity index is 312. The molecule has 0 radical (unpaired) electrons. The van der Waals surface area contributed by atoms with E-state index in [-0.39, 0.29) is 0 Å². The highest BCUT2D eigenvalue weighted by Crippen LogP contribution is 2.16. The number of benzene rings is 1. The number of aliphatic hydroxyl groups is 1. The molecule has 0 spiro atoms. The average Bonchev–Trinajstić information content (AvgIpc) is 2.34. The van der Waals surface area contributed by atoms with Gasteiger partial charge in [-0.05, 0) is 42.2 Å². The topological polar surface area (TPSA) is 20.2 Å². The van der Waals surface area contributed by atoms with E-state index in [1.807, 2.05) is 0 Å². The Morgan fingerprint density at radius 2 is 1.58 bits per heavy atom. The molecule has 0 saturated carbocycles. The van der Waals surface area contributed by atoms with Crippen LogP contribution < -0.4 is 0 Å². The van der Waals surface area contributed by atoms with Crippen molar-refractivity contribution in [2.75, 3.05) is 6.61 Å². The molecule has 0 bridgehead atoms. The van der Waals surface area contributed by atoms with Crippen molar-refractivity contribution in [3.63, 3.8) is 0 Å². The molecule has 1 heteroatoms. The quantitative estimate of drug-likeness (QED) is 0.702. The van der Waals surface area contributed by atoms with Crippen molar-refractivity contribution in [1.29, 1.82) is 0 Å². The Balaban J connectivity index is 0.000000711. The van der Waals surface area contributed by atoms with Gasteiger partial charge in [0.15, 0.2) is 0 Å². The molecular formula is C18H32O. The van der Waals surface area contributed by atoms with Crippen LogP contribution >= 0.6 is 0 Å². The molecule has 0 atom stereocenters. The molecule has 0 aliphatic carbocycles. The van der Waals surface area contributed by atoms with Crippen molar-refractivity contribution in [2.24, 2.45) is 5.92 Å². The van der Waals surface area contributed by atoms with Gasteiger partial charge >= 0.3 is 0 Å². The molecule has 0 aliphatic rings. The van der Waals surface area contributed by atoms with E-state index in [4.69, 9.17) is 5.11 Å². The lowest BCUT2D eigenvalue weighted by Crippen LogP contribution is -1.92. The van der Waals surface area contributed by atoms with Crippen LogP contribution in [0.4, 0.5) is 0 Å². The number of hydrogen-bond acceptors (Lipinski definition) is 1. The van der Waals surface area contributed by atoms with Crippen molar-refractivity contribution in [1.82, 2.24) is 0 Å². The number of unbranched alkanes of at least 4 members (excludes halogenated alkanes) is 2. The SMILES string of the molecule is CC(C)C.CC(C)c1cccc(CCCCCO)c1. The smallest absolute Gasteiger partial charge is 0.0431 e. The van der Waals surface area contributed by atoms with Gasteiger partial charge in [-0.3, -0.25) is 0 Å². The van der Waals surface area contributed by atoms with Gasteiger partial charge < -0.3 is 5.11 Å². The average molecular weight is 264 g/mol. The van der Waals surface area contributed by atoms with Crippen LogP contribution in [-0.4, -0.2) is 11.7 Å². The summed E-state index contributed by atoms with van der Waals surface area (Å²) in [6.45, 7) is 11.3. The molecule has 0 aliphatic heterocycles. The van der Waals surface area contributed by atoms with Gasteiger partial charge in [0.25, 0.3) is 0 Å².